The summed E-state index contributed by atoms with van der Waals surface area (Å²) in [7, 11) is 0. The normalized spacial score (nSPS) is 12.6. The van der Waals surface area contributed by atoms with Crippen LogP contribution in [0.2, 0.25) is 5.02 Å². The number of halogens is 1. The molecule has 0 aliphatic heterocycles. The lowest BCUT2D eigenvalue weighted by Gasteiger charge is -2.28. The highest BCUT2D eigenvalue weighted by atomic mass is 35.5. The third kappa shape index (κ3) is 7.51. The average Bonchev–Trinajstić information content (AvgIpc) is 2.68. The lowest BCUT2D eigenvalue weighted by atomic mass is 9.88. The Balaban J connectivity index is 2.24. The van der Waals surface area contributed by atoms with Crippen molar-refractivity contribution in [2.24, 2.45) is 10.5 Å². The number of nitrogens with one attached hydrogen (secondary N) is 3. The molecule has 10 heteroatoms. The maximum absolute atomic E-state index is 12.7. The predicted octanol–water partition coefficient (Wildman–Crippen LogP) is 3.64. The summed E-state index contributed by atoms with van der Waals surface area (Å²) in [6.45, 7) is 7.68. The number of benzene rings is 1. The van der Waals surface area contributed by atoms with E-state index in [-0.39, 0.29) is 17.3 Å². The Labute approximate surface area is 179 Å². The topological polar surface area (TPSA) is 122 Å². The van der Waals surface area contributed by atoms with Crippen LogP contribution >= 0.6 is 11.6 Å². The van der Waals surface area contributed by atoms with Gasteiger partial charge in [-0.25, -0.2) is 10.1 Å². The van der Waals surface area contributed by atoms with Crippen LogP contribution in [0.15, 0.2) is 66.5 Å². The number of allylic oxidation sites excluding steroid dienone is 1. The Bertz CT molecular complexity index is 916. The van der Waals surface area contributed by atoms with E-state index in [9.17, 15) is 14.9 Å². The molecule has 2 aromatic rings. The van der Waals surface area contributed by atoms with Crippen molar-refractivity contribution in [2.45, 2.75) is 26.4 Å². The largest absolute Gasteiger partial charge is 0.332 e. The van der Waals surface area contributed by atoms with Crippen molar-refractivity contribution in [3.8, 4) is 0 Å². The molecular weight excluding hydrogens is 408 g/mol. The summed E-state index contributed by atoms with van der Waals surface area (Å²) in [5.74, 6) is -0.514. The van der Waals surface area contributed by atoms with Crippen molar-refractivity contribution in [1.82, 2.24) is 15.6 Å². The fraction of sp³-hybridized carbons (Fsp3) is 0.250. The number of carbonyl (C=O) groups is 1. The van der Waals surface area contributed by atoms with Gasteiger partial charge in [-0.1, -0.05) is 31.5 Å². The van der Waals surface area contributed by atoms with Crippen molar-refractivity contribution >= 4 is 29.2 Å². The SMILES string of the molecule is C=CC(C)(C)CC(NC(=O)c1ccc(Cl)cc1)NC(=N[N+](=O)[O-])Nc1cccnc1. The molecule has 30 heavy (non-hydrogen) atoms. The van der Waals surface area contributed by atoms with Gasteiger partial charge in [-0.2, -0.15) is 0 Å². The zero-order valence-corrected chi connectivity index (χ0v) is 17.4. The summed E-state index contributed by atoms with van der Waals surface area (Å²) in [6.07, 6.45) is 4.51. The number of rotatable bonds is 8. The number of guanidine groups is 1. The van der Waals surface area contributed by atoms with E-state index >= 15 is 0 Å². The zero-order chi connectivity index (χ0) is 22.1. The first-order valence-electron chi connectivity index (χ1n) is 9.05. The third-order valence-electron chi connectivity index (χ3n) is 4.11. The van der Waals surface area contributed by atoms with E-state index < -0.39 is 11.2 Å². The summed E-state index contributed by atoms with van der Waals surface area (Å²) in [5.41, 5.74) is 0.519. The molecule has 0 saturated carbocycles. The summed E-state index contributed by atoms with van der Waals surface area (Å²) < 4.78 is 0. The molecule has 0 saturated heterocycles. The Hall–Kier alpha value is -3.46. The van der Waals surface area contributed by atoms with Gasteiger partial charge in [0.15, 0.2) is 5.03 Å². The van der Waals surface area contributed by atoms with Crippen LogP contribution in [0.4, 0.5) is 5.69 Å². The summed E-state index contributed by atoms with van der Waals surface area (Å²) in [5, 5.41) is 22.6. The summed E-state index contributed by atoms with van der Waals surface area (Å²) in [6, 6.07) is 9.75. The van der Waals surface area contributed by atoms with Gasteiger partial charge >= 0.3 is 0 Å². The smallest absolute Gasteiger partial charge is 0.274 e. The number of anilines is 1. The molecule has 158 valence electrons. The third-order valence-corrected chi connectivity index (χ3v) is 4.36. The van der Waals surface area contributed by atoms with Crippen LogP contribution in [-0.4, -0.2) is 28.0 Å². The Morgan fingerprint density at radius 3 is 2.60 bits per heavy atom. The molecule has 0 spiro atoms. The minimum Gasteiger partial charge on any atom is -0.332 e. The molecule has 0 bridgehead atoms. The number of carbonyl (C=O) groups excluding carboxylic acids is 1. The fourth-order valence-corrected chi connectivity index (χ4v) is 2.63. The molecule has 1 aromatic carbocycles. The number of hydrogen-bond acceptors (Lipinski definition) is 4. The van der Waals surface area contributed by atoms with E-state index in [2.05, 4.69) is 32.6 Å². The van der Waals surface area contributed by atoms with Crippen molar-refractivity contribution in [1.29, 1.82) is 0 Å². The first-order valence-corrected chi connectivity index (χ1v) is 9.43. The van der Waals surface area contributed by atoms with Gasteiger partial charge < -0.3 is 16.0 Å². The monoisotopic (exact) mass is 430 g/mol. The summed E-state index contributed by atoms with van der Waals surface area (Å²) >= 11 is 5.87. The highest BCUT2D eigenvalue weighted by Crippen LogP contribution is 2.23. The quantitative estimate of drug-likeness (QED) is 0.147. The van der Waals surface area contributed by atoms with Crippen molar-refractivity contribution in [3.05, 3.63) is 82.1 Å². The molecule has 1 aromatic heterocycles. The Kier molecular flexibility index (Phi) is 7.88. The fourth-order valence-electron chi connectivity index (χ4n) is 2.50. The van der Waals surface area contributed by atoms with Crippen molar-refractivity contribution in [3.63, 3.8) is 0 Å². The Morgan fingerprint density at radius 1 is 1.33 bits per heavy atom. The number of nitro groups is 1. The van der Waals surface area contributed by atoms with Crippen LogP contribution < -0.4 is 16.0 Å². The molecule has 1 atom stereocenters. The van der Waals surface area contributed by atoms with Crippen LogP contribution in [0.5, 0.6) is 0 Å². The van der Waals surface area contributed by atoms with Crippen molar-refractivity contribution < 1.29 is 9.83 Å². The minimum atomic E-state index is -0.831. The maximum Gasteiger partial charge on any atom is 0.274 e. The van der Waals surface area contributed by atoms with Crippen LogP contribution in [0.1, 0.15) is 30.6 Å². The van der Waals surface area contributed by atoms with Gasteiger partial charge in [-0.05, 0) is 48.2 Å². The predicted molar refractivity (Wildman–Crippen MR) is 117 cm³/mol. The van der Waals surface area contributed by atoms with E-state index in [1.54, 1.807) is 48.7 Å². The van der Waals surface area contributed by atoms with Crippen LogP contribution in [-0.2, 0) is 0 Å². The molecule has 0 aliphatic rings. The molecule has 1 amide bonds. The maximum atomic E-state index is 12.7. The van der Waals surface area contributed by atoms with Crippen LogP contribution in [0, 0.1) is 15.5 Å². The number of amides is 1. The van der Waals surface area contributed by atoms with E-state index in [0.29, 0.717) is 22.7 Å². The molecule has 0 aliphatic carbocycles. The molecule has 3 N–H and O–H groups in total. The van der Waals surface area contributed by atoms with Crippen LogP contribution in [0.3, 0.4) is 0 Å². The molecule has 1 unspecified atom stereocenters. The van der Waals surface area contributed by atoms with E-state index in [1.807, 2.05) is 13.8 Å². The number of nitrogens with zero attached hydrogens (tertiary/aromatic N) is 3. The van der Waals surface area contributed by atoms with E-state index in [4.69, 9.17) is 11.6 Å². The molecular formula is C20H23ClN6O3. The number of hydrogen-bond donors (Lipinski definition) is 3. The second-order valence-electron chi connectivity index (χ2n) is 7.13. The van der Waals surface area contributed by atoms with Gasteiger partial charge in [0.1, 0.15) is 11.3 Å². The van der Waals surface area contributed by atoms with Gasteiger partial charge in [-0.3, -0.25) is 9.78 Å². The number of aromatic nitrogens is 1. The van der Waals surface area contributed by atoms with Crippen molar-refractivity contribution in [2.75, 3.05) is 5.32 Å². The first kappa shape index (κ1) is 22.8. The summed E-state index contributed by atoms with van der Waals surface area (Å²) in [4.78, 5) is 27.6. The molecule has 2 rings (SSSR count). The lowest BCUT2D eigenvalue weighted by molar-refractivity contribution is -0.485. The van der Waals surface area contributed by atoms with Gasteiger partial charge in [-0.15, -0.1) is 6.58 Å². The highest BCUT2D eigenvalue weighted by Gasteiger charge is 2.24. The minimum absolute atomic E-state index is 0.144. The average molecular weight is 431 g/mol. The van der Waals surface area contributed by atoms with Crippen LogP contribution in [0.25, 0.3) is 0 Å². The standard InChI is InChI=1S/C20H23ClN6O3/c1-4-20(2,3)12-17(24-18(28)14-7-9-15(21)10-8-14)25-19(26-27(29)30)23-16-6-5-11-22-13-16/h4-11,13,17H,1,12H2,2-3H3,(H,24,28)(H2,23,25,26). The van der Waals surface area contributed by atoms with E-state index in [0.717, 1.165) is 0 Å². The zero-order valence-electron chi connectivity index (χ0n) is 16.6. The second kappa shape index (κ2) is 10.4. The van der Waals surface area contributed by atoms with Gasteiger partial charge in [0.2, 0.25) is 0 Å². The molecule has 1 heterocycles. The van der Waals surface area contributed by atoms with Gasteiger partial charge in [0, 0.05) is 16.8 Å². The molecule has 0 fully saturated rings. The molecule has 9 nitrogen and oxygen atoms in total. The molecule has 0 radical (unpaired) electrons. The first-order chi connectivity index (χ1) is 14.2. The second-order valence-corrected chi connectivity index (χ2v) is 7.56. The highest BCUT2D eigenvalue weighted by molar-refractivity contribution is 6.30. The number of pyridine rings is 1. The Morgan fingerprint density at radius 2 is 2.03 bits per heavy atom. The number of hydrazone groups is 1. The van der Waals surface area contributed by atoms with E-state index in [1.165, 1.54) is 6.20 Å². The lowest BCUT2D eigenvalue weighted by Crippen LogP contribution is -2.51. The van der Waals surface area contributed by atoms with Gasteiger partial charge in [0.25, 0.3) is 11.9 Å². The van der Waals surface area contributed by atoms with Gasteiger partial charge in [0.05, 0.1) is 11.9 Å².